The zero-order valence-electron chi connectivity index (χ0n) is 8.29. The number of hydrogen-bond acceptors (Lipinski definition) is 2. The third-order valence-electron chi connectivity index (χ3n) is 2.71. The Morgan fingerprint density at radius 3 is 2.73 bits per heavy atom. The fourth-order valence-corrected chi connectivity index (χ4v) is 1.59. The van der Waals surface area contributed by atoms with Crippen LogP contribution in [0.5, 0.6) is 0 Å². The number of carbonyl (C=O) groups excluding carboxylic acids is 1. The van der Waals surface area contributed by atoms with E-state index in [9.17, 15) is 9.18 Å². The highest BCUT2D eigenvalue weighted by atomic mass is 19.1. The maximum Gasteiger partial charge on any atom is 0.256 e. The third-order valence-corrected chi connectivity index (χ3v) is 2.71. The number of nitrogens with one attached hydrogen (secondary N) is 1. The van der Waals surface area contributed by atoms with Gasteiger partial charge in [-0.1, -0.05) is 6.07 Å². The quantitative estimate of drug-likeness (QED) is 0.727. The molecule has 2 rings (SSSR count). The molecule has 80 valence electrons. The maximum atomic E-state index is 13.3. The smallest absolute Gasteiger partial charge is 0.256 e. The summed E-state index contributed by atoms with van der Waals surface area (Å²) in [4.78, 5) is 11.7. The average Bonchev–Trinajstić information content (AvgIpc) is 2.11. The molecule has 1 aliphatic carbocycles. The number of anilines is 1. The number of rotatable bonds is 2. The summed E-state index contributed by atoms with van der Waals surface area (Å²) in [6.07, 6.45) is 3.07. The first-order chi connectivity index (χ1) is 7.18. The molecule has 0 bridgehead atoms. The largest absolute Gasteiger partial charge is 0.398 e. The number of benzene rings is 1. The monoisotopic (exact) mass is 208 g/mol. The number of halogens is 1. The standard InChI is InChI=1S/C11H13FN2O/c12-8-5-2-6-9(13)10(8)11(15)14-7-3-1-4-7/h2,5-7H,1,3-4,13H2,(H,14,15). The van der Waals surface area contributed by atoms with Crippen molar-refractivity contribution in [1.82, 2.24) is 5.32 Å². The molecule has 0 spiro atoms. The van der Waals surface area contributed by atoms with Crippen LogP contribution in [-0.4, -0.2) is 11.9 Å². The minimum absolute atomic E-state index is 0.0376. The first kappa shape index (κ1) is 9.96. The molecule has 0 heterocycles. The summed E-state index contributed by atoms with van der Waals surface area (Å²) in [7, 11) is 0. The highest BCUT2D eigenvalue weighted by Crippen LogP contribution is 2.20. The molecule has 4 heteroatoms. The van der Waals surface area contributed by atoms with E-state index in [-0.39, 0.29) is 17.3 Å². The van der Waals surface area contributed by atoms with Crippen LogP contribution < -0.4 is 11.1 Å². The molecule has 1 fully saturated rings. The lowest BCUT2D eigenvalue weighted by Crippen LogP contribution is -2.40. The number of amides is 1. The van der Waals surface area contributed by atoms with E-state index in [1.54, 1.807) is 0 Å². The maximum absolute atomic E-state index is 13.3. The van der Waals surface area contributed by atoms with Crippen molar-refractivity contribution < 1.29 is 9.18 Å². The molecule has 0 atom stereocenters. The van der Waals surface area contributed by atoms with E-state index < -0.39 is 11.7 Å². The lowest BCUT2D eigenvalue weighted by molar-refractivity contribution is 0.0914. The van der Waals surface area contributed by atoms with Gasteiger partial charge in [0.25, 0.3) is 5.91 Å². The predicted molar refractivity (Wildman–Crippen MR) is 55.9 cm³/mol. The molecular formula is C11H13FN2O. The van der Waals surface area contributed by atoms with Crippen molar-refractivity contribution in [1.29, 1.82) is 0 Å². The topological polar surface area (TPSA) is 55.1 Å². The van der Waals surface area contributed by atoms with Gasteiger partial charge < -0.3 is 11.1 Å². The number of hydrogen-bond donors (Lipinski definition) is 2. The minimum atomic E-state index is -0.563. The SMILES string of the molecule is Nc1cccc(F)c1C(=O)NC1CCC1. The number of nitrogen functional groups attached to an aromatic ring is 1. The normalized spacial score (nSPS) is 15.8. The highest BCUT2D eigenvalue weighted by Gasteiger charge is 2.22. The molecule has 15 heavy (non-hydrogen) atoms. The Balaban J connectivity index is 2.16. The molecule has 0 aliphatic heterocycles. The van der Waals surface area contributed by atoms with Gasteiger partial charge in [0.2, 0.25) is 0 Å². The lowest BCUT2D eigenvalue weighted by Gasteiger charge is -2.26. The number of carbonyl (C=O) groups is 1. The van der Waals surface area contributed by atoms with Crippen molar-refractivity contribution in [3.05, 3.63) is 29.6 Å². The van der Waals surface area contributed by atoms with E-state index in [1.165, 1.54) is 18.2 Å². The first-order valence-electron chi connectivity index (χ1n) is 5.03. The summed E-state index contributed by atoms with van der Waals surface area (Å²) in [6.45, 7) is 0. The van der Waals surface area contributed by atoms with Gasteiger partial charge in [-0.2, -0.15) is 0 Å². The molecule has 1 aromatic rings. The summed E-state index contributed by atoms with van der Waals surface area (Å²) in [6, 6.07) is 4.45. The van der Waals surface area contributed by atoms with Gasteiger partial charge in [0, 0.05) is 11.7 Å². The Bertz CT molecular complexity index is 368. The number of nitrogens with two attached hydrogens (primary N) is 1. The van der Waals surface area contributed by atoms with Gasteiger partial charge in [0.15, 0.2) is 0 Å². The molecule has 1 amide bonds. The molecule has 0 aromatic heterocycles. The molecular weight excluding hydrogens is 195 g/mol. The van der Waals surface area contributed by atoms with Crippen LogP contribution in [0, 0.1) is 5.82 Å². The van der Waals surface area contributed by atoms with Crippen LogP contribution in [0.1, 0.15) is 29.6 Å². The van der Waals surface area contributed by atoms with Crippen LogP contribution >= 0.6 is 0 Å². The second kappa shape index (κ2) is 3.88. The van der Waals surface area contributed by atoms with E-state index in [4.69, 9.17) is 5.73 Å². The summed E-state index contributed by atoms with van der Waals surface area (Å²) >= 11 is 0. The predicted octanol–water partition coefficient (Wildman–Crippen LogP) is 1.69. The first-order valence-corrected chi connectivity index (χ1v) is 5.03. The van der Waals surface area contributed by atoms with Gasteiger partial charge >= 0.3 is 0 Å². The fraction of sp³-hybridized carbons (Fsp3) is 0.364. The molecule has 1 saturated carbocycles. The minimum Gasteiger partial charge on any atom is -0.398 e. The van der Waals surface area contributed by atoms with Crippen LogP contribution in [0.2, 0.25) is 0 Å². The Kier molecular flexibility index (Phi) is 2.58. The molecule has 3 nitrogen and oxygen atoms in total. The second-order valence-corrected chi connectivity index (χ2v) is 3.81. The summed E-state index contributed by atoms with van der Waals surface area (Å²) in [5.41, 5.74) is 5.71. The molecule has 1 aromatic carbocycles. The average molecular weight is 208 g/mol. The van der Waals surface area contributed by atoms with E-state index in [1.807, 2.05) is 0 Å². The van der Waals surface area contributed by atoms with Gasteiger partial charge in [-0.15, -0.1) is 0 Å². The molecule has 0 radical (unpaired) electrons. The van der Waals surface area contributed by atoms with E-state index in [2.05, 4.69) is 5.32 Å². The summed E-state index contributed by atoms with van der Waals surface area (Å²) in [5.74, 6) is -0.970. The van der Waals surface area contributed by atoms with Crippen LogP contribution in [0.15, 0.2) is 18.2 Å². The third kappa shape index (κ3) is 1.93. The van der Waals surface area contributed by atoms with Crippen molar-refractivity contribution >= 4 is 11.6 Å². The Labute approximate surface area is 87.5 Å². The van der Waals surface area contributed by atoms with E-state index in [0.29, 0.717) is 0 Å². The van der Waals surface area contributed by atoms with E-state index in [0.717, 1.165) is 19.3 Å². The molecule has 0 saturated heterocycles. The van der Waals surface area contributed by atoms with Crippen molar-refractivity contribution in [3.63, 3.8) is 0 Å². The van der Waals surface area contributed by atoms with Crippen LogP contribution in [0.4, 0.5) is 10.1 Å². The van der Waals surface area contributed by atoms with Crippen molar-refractivity contribution in [3.8, 4) is 0 Å². The Morgan fingerprint density at radius 1 is 1.47 bits per heavy atom. The Hall–Kier alpha value is -1.58. The van der Waals surface area contributed by atoms with Crippen molar-refractivity contribution in [2.75, 3.05) is 5.73 Å². The second-order valence-electron chi connectivity index (χ2n) is 3.81. The van der Waals surface area contributed by atoms with Gasteiger partial charge in [0.05, 0.1) is 5.56 Å². The molecule has 0 unspecified atom stereocenters. The van der Waals surface area contributed by atoms with Crippen LogP contribution in [0.25, 0.3) is 0 Å². The van der Waals surface area contributed by atoms with Gasteiger partial charge in [-0.25, -0.2) is 4.39 Å². The lowest BCUT2D eigenvalue weighted by atomic mass is 9.93. The van der Waals surface area contributed by atoms with Crippen molar-refractivity contribution in [2.45, 2.75) is 25.3 Å². The van der Waals surface area contributed by atoms with Gasteiger partial charge in [-0.3, -0.25) is 4.79 Å². The fourth-order valence-electron chi connectivity index (χ4n) is 1.59. The van der Waals surface area contributed by atoms with Gasteiger partial charge in [0.1, 0.15) is 5.82 Å². The molecule has 1 aliphatic rings. The van der Waals surface area contributed by atoms with E-state index >= 15 is 0 Å². The Morgan fingerprint density at radius 2 is 2.20 bits per heavy atom. The zero-order valence-corrected chi connectivity index (χ0v) is 8.29. The zero-order chi connectivity index (χ0) is 10.8. The van der Waals surface area contributed by atoms with Crippen molar-refractivity contribution in [2.24, 2.45) is 0 Å². The van der Waals surface area contributed by atoms with Crippen LogP contribution in [0.3, 0.4) is 0 Å². The summed E-state index contributed by atoms with van der Waals surface area (Å²) < 4.78 is 13.3. The molecule has 3 N–H and O–H groups in total. The van der Waals surface area contributed by atoms with Crippen LogP contribution in [-0.2, 0) is 0 Å². The summed E-state index contributed by atoms with van der Waals surface area (Å²) in [5, 5.41) is 2.76. The highest BCUT2D eigenvalue weighted by molar-refractivity contribution is 5.99. The van der Waals surface area contributed by atoms with Gasteiger partial charge in [-0.05, 0) is 31.4 Å².